The van der Waals surface area contributed by atoms with Crippen LogP contribution in [0.3, 0.4) is 0 Å². The molecular weight excluding hydrogens is 438 g/mol. The molecule has 0 fully saturated rings. The van der Waals surface area contributed by atoms with Gasteiger partial charge in [0, 0.05) is 16.1 Å². The Balaban J connectivity index is 2.00. The van der Waals surface area contributed by atoms with Gasteiger partial charge in [0.1, 0.15) is 5.82 Å². The van der Waals surface area contributed by atoms with Gasteiger partial charge in [-0.25, -0.2) is 4.39 Å². The Kier molecular flexibility index (Phi) is 6.21. The molecule has 0 aliphatic heterocycles. The van der Waals surface area contributed by atoms with Crippen molar-refractivity contribution in [3.05, 3.63) is 99.8 Å². The van der Waals surface area contributed by atoms with Crippen molar-refractivity contribution in [2.75, 3.05) is 5.32 Å². The Morgan fingerprint density at radius 2 is 1.35 bits per heavy atom. The summed E-state index contributed by atoms with van der Waals surface area (Å²) < 4.78 is 52.6. The van der Waals surface area contributed by atoms with Crippen LogP contribution in [0.15, 0.2) is 66.7 Å². The fraction of sp³-hybridized carbons (Fsp3) is 0.0455. The van der Waals surface area contributed by atoms with E-state index in [1.165, 1.54) is 24.3 Å². The molecule has 0 atom stereocenters. The van der Waals surface area contributed by atoms with E-state index in [1.54, 1.807) is 0 Å². The van der Waals surface area contributed by atoms with Crippen LogP contribution in [0.4, 0.5) is 23.2 Å². The molecule has 0 aliphatic rings. The molecule has 0 saturated heterocycles. The van der Waals surface area contributed by atoms with Gasteiger partial charge < -0.3 is 5.32 Å². The highest BCUT2D eigenvalue weighted by Gasteiger charge is 2.33. The van der Waals surface area contributed by atoms with Crippen molar-refractivity contribution >= 4 is 34.8 Å². The van der Waals surface area contributed by atoms with Gasteiger partial charge in [-0.3, -0.25) is 14.4 Å². The Morgan fingerprint density at radius 1 is 0.774 bits per heavy atom. The van der Waals surface area contributed by atoms with E-state index >= 15 is 0 Å². The number of benzene rings is 3. The van der Waals surface area contributed by atoms with Crippen molar-refractivity contribution in [1.29, 1.82) is 0 Å². The van der Waals surface area contributed by atoms with E-state index in [1.807, 2.05) is 0 Å². The predicted octanol–water partition coefficient (Wildman–Crippen LogP) is 5.82. The molecule has 1 amide bonds. The van der Waals surface area contributed by atoms with Crippen molar-refractivity contribution in [1.82, 2.24) is 0 Å². The lowest BCUT2D eigenvalue weighted by Crippen LogP contribution is -2.20. The molecule has 3 rings (SSSR count). The van der Waals surface area contributed by atoms with Crippen molar-refractivity contribution in [2.45, 2.75) is 6.18 Å². The van der Waals surface area contributed by atoms with Crippen LogP contribution in [0.25, 0.3) is 0 Å². The summed E-state index contributed by atoms with van der Waals surface area (Å²) in [6, 6.07) is 11.6. The summed E-state index contributed by atoms with van der Waals surface area (Å²) in [5, 5.41) is 2.71. The van der Waals surface area contributed by atoms with E-state index in [-0.39, 0.29) is 16.8 Å². The van der Waals surface area contributed by atoms with Crippen LogP contribution in [0.1, 0.15) is 36.6 Å². The third-order valence-electron chi connectivity index (χ3n) is 4.26. The fourth-order valence-electron chi connectivity index (χ4n) is 2.67. The summed E-state index contributed by atoms with van der Waals surface area (Å²) in [5.74, 6) is -3.82. The zero-order valence-electron chi connectivity index (χ0n) is 15.5. The number of carbonyl (C=O) groups is 3. The predicted molar refractivity (Wildman–Crippen MR) is 106 cm³/mol. The van der Waals surface area contributed by atoms with E-state index in [4.69, 9.17) is 11.6 Å². The standard InChI is InChI=1S/C22H12ClF4NO3/c23-15-6-1-13(2-7-15)21(31)28-18-10-5-14(22(25,26)27)11-17(18)20(30)19(29)12-3-8-16(24)9-4-12/h1-11H,(H,28,31). The number of Topliss-reactive ketones (excluding diaryl/α,β-unsaturated/α-hetero) is 2. The molecule has 0 bridgehead atoms. The lowest BCUT2D eigenvalue weighted by Gasteiger charge is -2.14. The van der Waals surface area contributed by atoms with E-state index < -0.39 is 40.6 Å². The SMILES string of the molecule is O=C(Nc1ccc(C(F)(F)F)cc1C(=O)C(=O)c1ccc(F)cc1)c1ccc(Cl)cc1. The van der Waals surface area contributed by atoms with Gasteiger partial charge in [-0.2, -0.15) is 13.2 Å². The lowest BCUT2D eigenvalue weighted by molar-refractivity contribution is -0.137. The van der Waals surface area contributed by atoms with Crippen molar-refractivity contribution in [2.24, 2.45) is 0 Å². The maximum atomic E-state index is 13.2. The zero-order chi connectivity index (χ0) is 22.8. The van der Waals surface area contributed by atoms with Crippen LogP contribution < -0.4 is 5.32 Å². The average Bonchev–Trinajstić information content (AvgIpc) is 2.73. The van der Waals surface area contributed by atoms with E-state index in [9.17, 15) is 31.9 Å². The van der Waals surface area contributed by atoms with Gasteiger partial charge in [0.2, 0.25) is 11.6 Å². The highest BCUT2D eigenvalue weighted by Crippen LogP contribution is 2.32. The maximum absolute atomic E-state index is 13.2. The molecule has 9 heteroatoms. The van der Waals surface area contributed by atoms with Gasteiger partial charge in [0.05, 0.1) is 16.8 Å². The summed E-state index contributed by atoms with van der Waals surface area (Å²) in [4.78, 5) is 37.6. The van der Waals surface area contributed by atoms with E-state index in [0.717, 1.165) is 30.3 Å². The number of amides is 1. The Bertz CT molecular complexity index is 1160. The topological polar surface area (TPSA) is 63.2 Å². The van der Waals surface area contributed by atoms with Crippen LogP contribution in [0.5, 0.6) is 0 Å². The molecular formula is C22H12ClF4NO3. The quantitative estimate of drug-likeness (QED) is 0.303. The van der Waals surface area contributed by atoms with Gasteiger partial charge in [-0.15, -0.1) is 0 Å². The molecule has 0 unspecified atom stereocenters. The fourth-order valence-corrected chi connectivity index (χ4v) is 2.79. The highest BCUT2D eigenvalue weighted by molar-refractivity contribution is 6.50. The number of nitrogens with one attached hydrogen (secondary N) is 1. The Hall–Kier alpha value is -3.52. The number of halogens is 5. The van der Waals surface area contributed by atoms with E-state index in [0.29, 0.717) is 17.2 Å². The molecule has 1 N–H and O–H groups in total. The zero-order valence-corrected chi connectivity index (χ0v) is 16.2. The maximum Gasteiger partial charge on any atom is 0.416 e. The van der Waals surface area contributed by atoms with Crippen LogP contribution >= 0.6 is 11.6 Å². The number of rotatable bonds is 5. The summed E-state index contributed by atoms with van der Waals surface area (Å²) >= 11 is 5.76. The first-order valence-corrected chi connectivity index (χ1v) is 9.07. The number of carbonyl (C=O) groups excluding carboxylic acids is 3. The van der Waals surface area contributed by atoms with Crippen LogP contribution in [-0.2, 0) is 6.18 Å². The second kappa shape index (κ2) is 8.69. The van der Waals surface area contributed by atoms with Gasteiger partial charge in [0.15, 0.2) is 0 Å². The van der Waals surface area contributed by atoms with Crippen molar-refractivity contribution in [3.63, 3.8) is 0 Å². The highest BCUT2D eigenvalue weighted by atomic mass is 35.5. The monoisotopic (exact) mass is 449 g/mol. The summed E-state index contributed by atoms with van der Waals surface area (Å²) in [6.45, 7) is 0. The lowest BCUT2D eigenvalue weighted by atomic mass is 9.98. The minimum absolute atomic E-state index is 0.132. The first-order valence-electron chi connectivity index (χ1n) is 8.69. The van der Waals surface area contributed by atoms with Gasteiger partial charge in [0.25, 0.3) is 5.91 Å². The molecule has 31 heavy (non-hydrogen) atoms. The molecule has 0 radical (unpaired) electrons. The van der Waals surface area contributed by atoms with Crippen LogP contribution in [0, 0.1) is 5.82 Å². The van der Waals surface area contributed by atoms with Gasteiger partial charge in [-0.05, 0) is 66.7 Å². The number of hydrogen-bond donors (Lipinski definition) is 1. The Labute approximate surface area is 178 Å². The van der Waals surface area contributed by atoms with Crippen molar-refractivity contribution < 1.29 is 31.9 Å². The molecule has 158 valence electrons. The molecule has 3 aromatic carbocycles. The molecule has 0 aromatic heterocycles. The summed E-state index contributed by atoms with van der Waals surface area (Å²) in [5.41, 5.74) is -2.18. The molecule has 0 saturated carbocycles. The smallest absolute Gasteiger partial charge is 0.321 e. The molecule has 3 aromatic rings. The summed E-state index contributed by atoms with van der Waals surface area (Å²) in [6.07, 6.45) is -4.79. The largest absolute Gasteiger partial charge is 0.416 e. The molecule has 4 nitrogen and oxygen atoms in total. The van der Waals surface area contributed by atoms with Crippen LogP contribution in [-0.4, -0.2) is 17.5 Å². The third-order valence-corrected chi connectivity index (χ3v) is 4.51. The van der Waals surface area contributed by atoms with Gasteiger partial charge >= 0.3 is 6.18 Å². The number of ketones is 2. The average molecular weight is 450 g/mol. The molecule has 0 spiro atoms. The second-order valence-corrected chi connectivity index (χ2v) is 6.82. The molecule has 0 heterocycles. The normalized spacial score (nSPS) is 11.1. The van der Waals surface area contributed by atoms with E-state index in [2.05, 4.69) is 5.32 Å². The number of hydrogen-bond acceptors (Lipinski definition) is 3. The molecule has 0 aliphatic carbocycles. The first-order chi connectivity index (χ1) is 14.6. The third kappa shape index (κ3) is 5.16. The van der Waals surface area contributed by atoms with Gasteiger partial charge in [-0.1, -0.05) is 11.6 Å². The van der Waals surface area contributed by atoms with Crippen LogP contribution in [0.2, 0.25) is 5.02 Å². The summed E-state index contributed by atoms with van der Waals surface area (Å²) in [7, 11) is 0. The number of alkyl halides is 3. The number of anilines is 1. The Morgan fingerprint density at radius 3 is 1.94 bits per heavy atom. The minimum Gasteiger partial charge on any atom is -0.321 e. The minimum atomic E-state index is -4.79. The first kappa shape index (κ1) is 22.2. The van der Waals surface area contributed by atoms with Crippen molar-refractivity contribution in [3.8, 4) is 0 Å². The second-order valence-electron chi connectivity index (χ2n) is 6.38.